The number of alkyl halides is 1. The lowest BCUT2D eigenvalue weighted by Crippen LogP contribution is -2.31. The van der Waals surface area contributed by atoms with Gasteiger partial charge < -0.3 is 10.5 Å². The van der Waals surface area contributed by atoms with Crippen LogP contribution in [0, 0.1) is 0 Å². The van der Waals surface area contributed by atoms with Gasteiger partial charge in [-0.2, -0.15) is 11.8 Å². The molecule has 1 fully saturated rings. The molecule has 2 nitrogen and oxygen atoms in total. The third-order valence-electron chi connectivity index (χ3n) is 3.78. The Morgan fingerprint density at radius 1 is 1.32 bits per heavy atom. The average Bonchev–Trinajstić information content (AvgIpc) is 2.49. The SMILES string of the molecule is COC(c1ccc(C2CCSCC2)cc1)C(N)CF. The Morgan fingerprint density at radius 3 is 2.47 bits per heavy atom. The van der Waals surface area contributed by atoms with Gasteiger partial charge in [0.2, 0.25) is 0 Å². The van der Waals surface area contributed by atoms with E-state index in [1.807, 2.05) is 23.9 Å². The van der Waals surface area contributed by atoms with Gasteiger partial charge in [0, 0.05) is 7.11 Å². The van der Waals surface area contributed by atoms with Crippen LogP contribution in [0.3, 0.4) is 0 Å². The normalized spacial score (nSPS) is 20.2. The van der Waals surface area contributed by atoms with Gasteiger partial charge in [-0.05, 0) is 41.4 Å². The first kappa shape index (κ1) is 14.8. The largest absolute Gasteiger partial charge is 0.375 e. The minimum Gasteiger partial charge on any atom is -0.375 e. The third kappa shape index (κ3) is 3.71. The first-order valence-electron chi connectivity index (χ1n) is 6.78. The van der Waals surface area contributed by atoms with E-state index in [0.717, 1.165) is 5.56 Å². The van der Waals surface area contributed by atoms with Crippen LogP contribution in [-0.2, 0) is 4.74 Å². The summed E-state index contributed by atoms with van der Waals surface area (Å²) in [5.74, 6) is 3.17. The van der Waals surface area contributed by atoms with Crippen molar-refractivity contribution in [2.75, 3.05) is 25.3 Å². The maximum atomic E-state index is 12.7. The molecule has 2 rings (SSSR count). The van der Waals surface area contributed by atoms with Crippen molar-refractivity contribution in [2.24, 2.45) is 5.73 Å². The highest BCUT2D eigenvalue weighted by molar-refractivity contribution is 7.99. The van der Waals surface area contributed by atoms with E-state index in [0.29, 0.717) is 5.92 Å². The topological polar surface area (TPSA) is 35.2 Å². The van der Waals surface area contributed by atoms with Gasteiger partial charge in [0.25, 0.3) is 0 Å². The maximum Gasteiger partial charge on any atom is 0.107 e. The fourth-order valence-corrected chi connectivity index (χ4v) is 3.73. The van der Waals surface area contributed by atoms with Gasteiger partial charge in [0.05, 0.1) is 12.1 Å². The number of methoxy groups -OCH3 is 1. The van der Waals surface area contributed by atoms with E-state index < -0.39 is 12.7 Å². The molecule has 1 saturated heterocycles. The fourth-order valence-electron chi connectivity index (χ4n) is 2.63. The second-order valence-corrected chi connectivity index (χ2v) is 6.25. The quantitative estimate of drug-likeness (QED) is 0.900. The van der Waals surface area contributed by atoms with Crippen LogP contribution in [0.15, 0.2) is 24.3 Å². The Bertz CT molecular complexity index is 378. The van der Waals surface area contributed by atoms with Crippen molar-refractivity contribution in [3.05, 3.63) is 35.4 Å². The highest BCUT2D eigenvalue weighted by Gasteiger charge is 2.20. The molecular formula is C15H22FNOS. The Balaban J connectivity index is 2.08. The van der Waals surface area contributed by atoms with Crippen LogP contribution >= 0.6 is 11.8 Å². The van der Waals surface area contributed by atoms with Crippen molar-refractivity contribution >= 4 is 11.8 Å². The molecule has 1 heterocycles. The van der Waals surface area contributed by atoms with E-state index in [-0.39, 0.29) is 6.10 Å². The van der Waals surface area contributed by atoms with Crippen LogP contribution in [0.5, 0.6) is 0 Å². The van der Waals surface area contributed by atoms with E-state index in [4.69, 9.17) is 10.5 Å². The Kier molecular flexibility index (Phi) is 5.67. The minimum absolute atomic E-state index is 0.360. The van der Waals surface area contributed by atoms with E-state index in [2.05, 4.69) is 12.1 Å². The lowest BCUT2D eigenvalue weighted by Gasteiger charge is -2.24. The molecule has 2 N–H and O–H groups in total. The maximum absolute atomic E-state index is 12.7. The number of ether oxygens (including phenoxy) is 1. The number of nitrogens with two attached hydrogens (primary N) is 1. The summed E-state index contributed by atoms with van der Waals surface area (Å²) in [6.07, 6.45) is 2.14. The van der Waals surface area contributed by atoms with Crippen molar-refractivity contribution in [2.45, 2.75) is 30.9 Å². The molecule has 0 bridgehead atoms. The summed E-state index contributed by atoms with van der Waals surface area (Å²) in [5, 5.41) is 0. The molecule has 2 unspecified atom stereocenters. The van der Waals surface area contributed by atoms with Crippen molar-refractivity contribution in [3.63, 3.8) is 0 Å². The van der Waals surface area contributed by atoms with Crippen molar-refractivity contribution in [1.29, 1.82) is 0 Å². The van der Waals surface area contributed by atoms with Crippen LogP contribution in [0.2, 0.25) is 0 Å². The van der Waals surface area contributed by atoms with Gasteiger partial charge >= 0.3 is 0 Å². The van der Waals surface area contributed by atoms with Gasteiger partial charge in [0.15, 0.2) is 0 Å². The van der Waals surface area contributed by atoms with Gasteiger partial charge in [-0.25, -0.2) is 4.39 Å². The lowest BCUT2D eigenvalue weighted by atomic mass is 9.91. The molecule has 106 valence electrons. The molecule has 1 aliphatic rings. The molecule has 4 heteroatoms. The van der Waals surface area contributed by atoms with E-state index in [1.54, 1.807) is 7.11 Å². The first-order valence-corrected chi connectivity index (χ1v) is 7.93. The monoisotopic (exact) mass is 283 g/mol. The number of hydrogen-bond acceptors (Lipinski definition) is 3. The van der Waals surface area contributed by atoms with Gasteiger partial charge in [-0.15, -0.1) is 0 Å². The number of hydrogen-bond donors (Lipinski definition) is 1. The Morgan fingerprint density at radius 2 is 1.95 bits per heavy atom. The van der Waals surface area contributed by atoms with E-state index in [9.17, 15) is 4.39 Å². The molecule has 0 radical (unpaired) electrons. The molecule has 0 aromatic heterocycles. The van der Waals surface area contributed by atoms with Crippen molar-refractivity contribution < 1.29 is 9.13 Å². The lowest BCUT2D eigenvalue weighted by molar-refractivity contribution is 0.0720. The number of halogens is 1. The zero-order valence-electron chi connectivity index (χ0n) is 11.3. The van der Waals surface area contributed by atoms with Crippen LogP contribution in [0.1, 0.15) is 36.0 Å². The molecule has 0 amide bonds. The molecule has 1 aromatic rings. The third-order valence-corrected chi connectivity index (χ3v) is 4.83. The first-order chi connectivity index (χ1) is 9.26. The predicted octanol–water partition coefficient (Wildman–Crippen LogP) is 3.28. The summed E-state index contributed by atoms with van der Waals surface area (Å²) in [4.78, 5) is 0. The smallest absolute Gasteiger partial charge is 0.107 e. The van der Waals surface area contributed by atoms with E-state index in [1.165, 1.54) is 29.9 Å². The average molecular weight is 283 g/mol. The van der Waals surface area contributed by atoms with Gasteiger partial charge in [-0.1, -0.05) is 24.3 Å². The Hall–Kier alpha value is -0.580. The summed E-state index contributed by atoms with van der Waals surface area (Å²) in [5.41, 5.74) is 8.08. The zero-order chi connectivity index (χ0) is 13.7. The molecular weight excluding hydrogens is 261 g/mol. The number of rotatable bonds is 5. The van der Waals surface area contributed by atoms with Crippen LogP contribution in [-0.4, -0.2) is 31.3 Å². The molecule has 19 heavy (non-hydrogen) atoms. The summed E-state index contributed by atoms with van der Waals surface area (Å²) in [7, 11) is 1.58. The molecule has 1 aliphatic heterocycles. The zero-order valence-corrected chi connectivity index (χ0v) is 12.2. The molecule has 1 aromatic carbocycles. The van der Waals surface area contributed by atoms with Gasteiger partial charge in [0.1, 0.15) is 6.67 Å². The molecule has 0 aliphatic carbocycles. The van der Waals surface area contributed by atoms with Gasteiger partial charge in [-0.3, -0.25) is 0 Å². The fraction of sp³-hybridized carbons (Fsp3) is 0.600. The summed E-state index contributed by atoms with van der Waals surface area (Å²) in [6.45, 7) is -0.569. The highest BCUT2D eigenvalue weighted by atomic mass is 32.2. The standard InChI is InChI=1S/C15H22FNOS/c1-18-15(14(17)10-16)13-4-2-11(3-5-13)12-6-8-19-9-7-12/h2-5,12,14-15H,6-10,17H2,1H3. The van der Waals surface area contributed by atoms with Crippen molar-refractivity contribution in [3.8, 4) is 0 Å². The Labute approximate surface area is 118 Å². The molecule has 2 atom stereocenters. The predicted molar refractivity (Wildman–Crippen MR) is 79.4 cm³/mol. The second kappa shape index (κ2) is 7.27. The molecule has 0 spiro atoms. The summed E-state index contributed by atoms with van der Waals surface area (Å²) in [6, 6.07) is 7.75. The number of thioether (sulfide) groups is 1. The van der Waals surface area contributed by atoms with E-state index >= 15 is 0 Å². The summed E-state index contributed by atoms with van der Waals surface area (Å²) >= 11 is 2.03. The number of benzene rings is 1. The summed E-state index contributed by atoms with van der Waals surface area (Å²) < 4.78 is 18.0. The van der Waals surface area contributed by atoms with Crippen LogP contribution < -0.4 is 5.73 Å². The molecule has 0 saturated carbocycles. The second-order valence-electron chi connectivity index (χ2n) is 5.03. The van der Waals surface area contributed by atoms with Crippen molar-refractivity contribution in [1.82, 2.24) is 0 Å². The van der Waals surface area contributed by atoms with Crippen LogP contribution in [0.25, 0.3) is 0 Å². The minimum atomic E-state index is -0.595. The highest BCUT2D eigenvalue weighted by Crippen LogP contribution is 2.32. The van der Waals surface area contributed by atoms with Crippen LogP contribution in [0.4, 0.5) is 4.39 Å².